The summed E-state index contributed by atoms with van der Waals surface area (Å²) in [5.41, 5.74) is -0.514. The molecule has 0 atom stereocenters. The van der Waals surface area contributed by atoms with Gasteiger partial charge in [-0.05, 0) is 28.8 Å². The van der Waals surface area contributed by atoms with E-state index in [9.17, 15) is 18.0 Å². The van der Waals surface area contributed by atoms with Gasteiger partial charge in [-0.3, -0.25) is 9.48 Å². The third kappa shape index (κ3) is 3.49. The molecule has 1 aliphatic rings. The second kappa shape index (κ2) is 5.97. The van der Waals surface area contributed by atoms with Crippen LogP contribution in [0.25, 0.3) is 0 Å². The number of nitrogens with one attached hydrogen (secondary N) is 1. The Morgan fingerprint density at radius 2 is 2.15 bits per heavy atom. The van der Waals surface area contributed by atoms with Crippen molar-refractivity contribution in [3.8, 4) is 0 Å². The van der Waals surface area contributed by atoms with E-state index in [1.807, 2.05) is 0 Å². The predicted molar refractivity (Wildman–Crippen MR) is 73.8 cm³/mol. The molecule has 0 saturated heterocycles. The van der Waals surface area contributed by atoms with Crippen molar-refractivity contribution in [1.29, 1.82) is 0 Å². The summed E-state index contributed by atoms with van der Waals surface area (Å²) in [5.74, 6) is 0.146. The highest BCUT2D eigenvalue weighted by molar-refractivity contribution is 9.10. The van der Waals surface area contributed by atoms with Crippen molar-refractivity contribution in [3.63, 3.8) is 0 Å². The molecule has 112 valence electrons. The summed E-state index contributed by atoms with van der Waals surface area (Å²) in [6.07, 6.45) is -2.89. The van der Waals surface area contributed by atoms with Gasteiger partial charge in [-0.25, -0.2) is 0 Å². The number of amides is 1. The lowest BCUT2D eigenvalue weighted by Gasteiger charge is -2.07. The lowest BCUT2D eigenvalue weighted by molar-refractivity contribution is -0.142. The smallest absolute Gasteiger partial charge is 0.354 e. The second-order valence-corrected chi connectivity index (χ2v) is 5.79. The minimum Gasteiger partial charge on any atom is -0.354 e. The zero-order valence-corrected chi connectivity index (χ0v) is 12.9. The molecule has 1 heterocycles. The van der Waals surface area contributed by atoms with Gasteiger partial charge in [-0.15, -0.1) is 0 Å². The van der Waals surface area contributed by atoms with Gasteiger partial charge in [0.05, 0.1) is 10.2 Å². The molecule has 20 heavy (non-hydrogen) atoms. The number of alkyl halides is 3. The molecule has 1 aliphatic carbocycles. The lowest BCUT2D eigenvalue weighted by Crippen LogP contribution is -2.30. The van der Waals surface area contributed by atoms with E-state index in [-0.39, 0.29) is 22.8 Å². The Morgan fingerprint density at radius 1 is 1.50 bits per heavy atom. The average Bonchev–Trinajstić information content (AvgIpc) is 3.11. The molecule has 4 nitrogen and oxygen atoms in total. The van der Waals surface area contributed by atoms with Crippen molar-refractivity contribution >= 4 is 34.5 Å². The molecule has 1 saturated carbocycles. The molecule has 1 aromatic heterocycles. The second-order valence-electron chi connectivity index (χ2n) is 4.55. The molecule has 1 aromatic rings. The SMILES string of the molecule is O=C(Cn1nc(C(F)(F)F)c(Br)c1C1CC1)NCCS. The number of halogens is 4. The number of carbonyl (C=O) groups is 1. The summed E-state index contributed by atoms with van der Waals surface area (Å²) in [6, 6.07) is 0. The van der Waals surface area contributed by atoms with Crippen molar-refractivity contribution < 1.29 is 18.0 Å². The van der Waals surface area contributed by atoms with E-state index in [4.69, 9.17) is 0 Å². The molecule has 0 aromatic carbocycles. The van der Waals surface area contributed by atoms with Crippen LogP contribution >= 0.6 is 28.6 Å². The van der Waals surface area contributed by atoms with E-state index >= 15 is 0 Å². The number of aromatic nitrogens is 2. The number of hydrogen-bond donors (Lipinski definition) is 2. The fourth-order valence-electron chi connectivity index (χ4n) is 1.89. The van der Waals surface area contributed by atoms with Crippen LogP contribution in [-0.2, 0) is 17.5 Å². The van der Waals surface area contributed by atoms with Gasteiger partial charge in [0.15, 0.2) is 5.69 Å². The van der Waals surface area contributed by atoms with Gasteiger partial charge in [0.1, 0.15) is 6.54 Å². The Labute approximate surface area is 127 Å². The molecule has 1 fully saturated rings. The highest BCUT2D eigenvalue weighted by Crippen LogP contribution is 2.46. The van der Waals surface area contributed by atoms with Crippen LogP contribution in [0.15, 0.2) is 4.47 Å². The fourth-order valence-corrected chi connectivity index (χ4v) is 2.83. The maximum Gasteiger partial charge on any atom is 0.436 e. The number of hydrogen-bond acceptors (Lipinski definition) is 3. The van der Waals surface area contributed by atoms with Crippen molar-refractivity contribution in [2.75, 3.05) is 12.3 Å². The Kier molecular flexibility index (Phi) is 4.68. The van der Waals surface area contributed by atoms with Crippen LogP contribution < -0.4 is 5.32 Å². The highest BCUT2D eigenvalue weighted by Gasteiger charge is 2.41. The first-order chi connectivity index (χ1) is 9.34. The maximum atomic E-state index is 12.8. The zero-order valence-electron chi connectivity index (χ0n) is 10.4. The number of thiol groups is 1. The van der Waals surface area contributed by atoms with E-state index in [1.165, 1.54) is 0 Å². The molecule has 0 spiro atoms. The third-order valence-corrected chi connectivity index (χ3v) is 3.90. The molecular formula is C11H13BrF3N3OS. The van der Waals surface area contributed by atoms with Crippen LogP contribution in [0, 0.1) is 0 Å². The topological polar surface area (TPSA) is 46.9 Å². The van der Waals surface area contributed by atoms with E-state index in [0.29, 0.717) is 18.0 Å². The molecule has 1 N–H and O–H groups in total. The Morgan fingerprint density at radius 3 is 2.65 bits per heavy atom. The van der Waals surface area contributed by atoms with Crippen LogP contribution in [0.1, 0.15) is 30.1 Å². The molecule has 9 heteroatoms. The van der Waals surface area contributed by atoms with Gasteiger partial charge in [0.25, 0.3) is 0 Å². The largest absolute Gasteiger partial charge is 0.436 e. The predicted octanol–water partition coefficient (Wildman–Crippen LogP) is 2.59. The van der Waals surface area contributed by atoms with Crippen LogP contribution in [-0.4, -0.2) is 28.0 Å². The van der Waals surface area contributed by atoms with Crippen LogP contribution in [0.4, 0.5) is 13.2 Å². The lowest BCUT2D eigenvalue weighted by atomic mass is 10.2. The molecular weight excluding hydrogens is 359 g/mol. The standard InChI is InChI=1S/C11H13BrF3N3OS/c12-8-9(6-1-2-6)18(5-7(19)16-3-4-20)17-10(8)11(13,14)15/h6,20H,1-5H2,(H,16,19). The summed E-state index contributed by atoms with van der Waals surface area (Å²) >= 11 is 6.92. The first-order valence-corrected chi connectivity index (χ1v) is 7.48. The summed E-state index contributed by atoms with van der Waals surface area (Å²) < 4.78 is 39.7. The average molecular weight is 372 g/mol. The van der Waals surface area contributed by atoms with Gasteiger partial charge < -0.3 is 5.32 Å². The minimum atomic E-state index is -4.53. The van der Waals surface area contributed by atoms with E-state index in [2.05, 4.69) is 39.0 Å². The van der Waals surface area contributed by atoms with Crippen molar-refractivity contribution in [3.05, 3.63) is 15.9 Å². The highest BCUT2D eigenvalue weighted by atomic mass is 79.9. The van der Waals surface area contributed by atoms with Gasteiger partial charge in [-0.1, -0.05) is 0 Å². The molecule has 0 bridgehead atoms. The molecule has 0 radical (unpaired) electrons. The molecule has 0 unspecified atom stereocenters. The van der Waals surface area contributed by atoms with Crippen LogP contribution in [0.5, 0.6) is 0 Å². The summed E-state index contributed by atoms with van der Waals surface area (Å²) in [6.45, 7) is 0.156. The van der Waals surface area contributed by atoms with E-state index < -0.39 is 11.9 Å². The van der Waals surface area contributed by atoms with Gasteiger partial charge in [0.2, 0.25) is 5.91 Å². The van der Waals surface area contributed by atoms with Crippen LogP contribution in [0.2, 0.25) is 0 Å². The Hall–Kier alpha value is -0.700. The fraction of sp³-hybridized carbons (Fsp3) is 0.636. The molecule has 0 aliphatic heterocycles. The summed E-state index contributed by atoms with van der Waals surface area (Å²) in [5, 5.41) is 6.12. The third-order valence-electron chi connectivity index (χ3n) is 2.89. The van der Waals surface area contributed by atoms with Crippen LogP contribution in [0.3, 0.4) is 0 Å². The number of carbonyl (C=O) groups excluding carboxylic acids is 1. The molecule has 2 rings (SSSR count). The van der Waals surface area contributed by atoms with Crippen molar-refractivity contribution in [2.45, 2.75) is 31.5 Å². The van der Waals surface area contributed by atoms with E-state index in [1.54, 1.807) is 0 Å². The zero-order chi connectivity index (χ0) is 14.9. The minimum absolute atomic E-state index is 0.0468. The summed E-state index contributed by atoms with van der Waals surface area (Å²) in [7, 11) is 0. The quantitative estimate of drug-likeness (QED) is 0.781. The van der Waals surface area contributed by atoms with Crippen molar-refractivity contribution in [1.82, 2.24) is 15.1 Å². The van der Waals surface area contributed by atoms with Crippen molar-refractivity contribution in [2.24, 2.45) is 0 Å². The first-order valence-electron chi connectivity index (χ1n) is 6.05. The van der Waals surface area contributed by atoms with E-state index in [0.717, 1.165) is 17.5 Å². The monoisotopic (exact) mass is 371 g/mol. The number of nitrogens with zero attached hydrogens (tertiary/aromatic N) is 2. The van der Waals surface area contributed by atoms with Gasteiger partial charge >= 0.3 is 6.18 Å². The normalized spacial score (nSPS) is 15.4. The number of rotatable bonds is 5. The Bertz CT molecular complexity index is 514. The van der Waals surface area contributed by atoms with Gasteiger partial charge in [-0.2, -0.15) is 30.9 Å². The molecule has 1 amide bonds. The maximum absolute atomic E-state index is 12.8. The Balaban J connectivity index is 2.25. The van der Waals surface area contributed by atoms with Gasteiger partial charge in [0, 0.05) is 18.2 Å². The first kappa shape index (κ1) is 15.7. The summed E-state index contributed by atoms with van der Waals surface area (Å²) in [4.78, 5) is 11.6.